The maximum Gasteiger partial charge on any atom is 0.416 e. The average Bonchev–Trinajstić information content (AvgIpc) is 3.58. The summed E-state index contributed by atoms with van der Waals surface area (Å²) in [4.78, 5) is 11.9. The Morgan fingerprint density at radius 1 is 0.974 bits per heavy atom. The van der Waals surface area contributed by atoms with Crippen molar-refractivity contribution in [2.75, 3.05) is 6.54 Å². The van der Waals surface area contributed by atoms with Gasteiger partial charge in [0, 0.05) is 29.5 Å². The molecule has 2 N–H and O–H groups in total. The molecular formula is C24H19BrClF9N2O. The topological polar surface area (TPSA) is 41.1 Å². The maximum atomic E-state index is 14.6. The van der Waals surface area contributed by atoms with E-state index in [1.165, 1.54) is 18.2 Å². The Balaban J connectivity index is 1.71. The van der Waals surface area contributed by atoms with Crippen LogP contribution in [0.25, 0.3) is 0 Å². The van der Waals surface area contributed by atoms with Crippen LogP contribution < -0.4 is 10.6 Å². The first-order valence-electron chi connectivity index (χ1n) is 11.3. The van der Waals surface area contributed by atoms with Crippen molar-refractivity contribution in [2.24, 2.45) is 5.92 Å². The van der Waals surface area contributed by atoms with Gasteiger partial charge in [-0.05, 0) is 53.8 Å². The summed E-state index contributed by atoms with van der Waals surface area (Å²) >= 11 is 9.61. The summed E-state index contributed by atoms with van der Waals surface area (Å²) in [7, 11) is 0. The summed E-state index contributed by atoms with van der Waals surface area (Å²) in [6, 6.07) is 3.08. The third-order valence-electron chi connectivity index (χ3n) is 6.81. The van der Waals surface area contributed by atoms with E-state index >= 15 is 0 Å². The van der Waals surface area contributed by atoms with Crippen LogP contribution in [-0.4, -0.2) is 24.0 Å². The monoisotopic (exact) mass is 636 g/mol. The van der Waals surface area contributed by atoms with Crippen LogP contribution in [0.2, 0.25) is 0 Å². The summed E-state index contributed by atoms with van der Waals surface area (Å²) in [6.45, 7) is -0.902. The molecule has 4 rings (SSSR count). The molecule has 14 heteroatoms. The van der Waals surface area contributed by atoms with E-state index in [0.717, 1.165) is 12.8 Å². The highest BCUT2D eigenvalue weighted by molar-refractivity contribution is 9.10. The van der Waals surface area contributed by atoms with Gasteiger partial charge in [-0.25, -0.2) is 0 Å². The summed E-state index contributed by atoms with van der Waals surface area (Å²) in [5.41, 5.74) is -7.38. The van der Waals surface area contributed by atoms with Crippen LogP contribution in [0.3, 0.4) is 0 Å². The van der Waals surface area contributed by atoms with Crippen molar-refractivity contribution in [3.8, 4) is 0 Å². The Morgan fingerprint density at radius 2 is 1.55 bits per heavy atom. The molecule has 1 heterocycles. The molecule has 1 saturated heterocycles. The largest absolute Gasteiger partial charge is 0.416 e. The predicted octanol–water partition coefficient (Wildman–Crippen LogP) is 7.26. The highest BCUT2D eigenvalue weighted by Crippen LogP contribution is 2.54. The van der Waals surface area contributed by atoms with Gasteiger partial charge in [0.25, 0.3) is 0 Å². The van der Waals surface area contributed by atoms with Gasteiger partial charge in [0.15, 0.2) is 0 Å². The van der Waals surface area contributed by atoms with Gasteiger partial charge in [0.1, 0.15) is 5.41 Å². The van der Waals surface area contributed by atoms with Crippen LogP contribution in [0.1, 0.15) is 46.7 Å². The number of amides is 1. The van der Waals surface area contributed by atoms with E-state index in [9.17, 15) is 44.3 Å². The van der Waals surface area contributed by atoms with Gasteiger partial charge in [-0.15, -0.1) is 11.6 Å². The van der Waals surface area contributed by atoms with Crippen molar-refractivity contribution in [3.63, 3.8) is 0 Å². The number of carbonyl (C=O) groups is 1. The summed E-state index contributed by atoms with van der Waals surface area (Å²) < 4.78 is 124. The molecule has 38 heavy (non-hydrogen) atoms. The van der Waals surface area contributed by atoms with E-state index in [4.69, 9.17) is 11.6 Å². The lowest BCUT2D eigenvalue weighted by atomic mass is 9.75. The van der Waals surface area contributed by atoms with Crippen molar-refractivity contribution in [1.82, 2.24) is 10.6 Å². The lowest BCUT2D eigenvalue weighted by Crippen LogP contribution is -2.50. The third-order valence-corrected chi connectivity index (χ3v) is 8.17. The minimum atomic E-state index is -5.33. The Labute approximate surface area is 224 Å². The Bertz CT molecular complexity index is 1190. The van der Waals surface area contributed by atoms with Gasteiger partial charge >= 0.3 is 18.5 Å². The van der Waals surface area contributed by atoms with Crippen molar-refractivity contribution < 1.29 is 44.3 Å². The van der Waals surface area contributed by atoms with E-state index in [0.29, 0.717) is 10.0 Å². The number of hydrogen-bond donors (Lipinski definition) is 2. The van der Waals surface area contributed by atoms with Crippen LogP contribution in [0, 0.1) is 5.92 Å². The number of rotatable bonds is 5. The molecule has 1 aliphatic heterocycles. The Hall–Kier alpha value is -1.99. The quantitative estimate of drug-likeness (QED) is 0.268. The zero-order chi connectivity index (χ0) is 28.3. The van der Waals surface area contributed by atoms with E-state index in [2.05, 4.69) is 26.6 Å². The third kappa shape index (κ3) is 5.51. The van der Waals surface area contributed by atoms with Crippen molar-refractivity contribution in [2.45, 2.75) is 54.7 Å². The lowest BCUT2D eigenvalue weighted by molar-refractivity contribution is -0.185. The SMILES string of the molecule is O=C(NCc1ccc(C2NCC(c3cc(C(F)(F)F)cc(C(F)(F)F)c3)(C(F)(F)F)C2Cl)cc1Br)C1CC1. The molecule has 2 aromatic carbocycles. The molecule has 208 valence electrons. The van der Waals surface area contributed by atoms with Gasteiger partial charge in [0.2, 0.25) is 5.91 Å². The summed E-state index contributed by atoms with van der Waals surface area (Å²) in [5, 5.41) is 3.30. The Kier molecular flexibility index (Phi) is 7.54. The van der Waals surface area contributed by atoms with Gasteiger partial charge in [-0.2, -0.15) is 39.5 Å². The van der Waals surface area contributed by atoms with E-state index < -0.39 is 58.6 Å². The van der Waals surface area contributed by atoms with Crippen molar-refractivity contribution >= 4 is 33.4 Å². The second-order valence-electron chi connectivity index (χ2n) is 9.37. The fourth-order valence-electron chi connectivity index (χ4n) is 4.51. The Morgan fingerprint density at radius 3 is 2.03 bits per heavy atom. The molecular weight excluding hydrogens is 619 g/mol. The molecule has 0 spiro atoms. The molecule has 2 aliphatic rings. The van der Waals surface area contributed by atoms with Crippen LogP contribution in [0.5, 0.6) is 0 Å². The number of nitrogens with one attached hydrogen (secondary N) is 2. The standard InChI is InChI=1S/C24H19BrClF9N2O/c25-17-5-12(3-4-13(17)9-36-20(38)11-1-2-11)18-19(26)21(10-37-18,24(33,34)35)14-6-15(22(27,28)29)8-16(7-14)23(30,31)32/h3-8,11,18-19,37H,1-2,9-10H2,(H,36,38). The molecule has 2 aromatic rings. The number of halogens is 11. The minimum absolute atomic E-state index is 0.0306. The van der Waals surface area contributed by atoms with Gasteiger partial charge < -0.3 is 10.6 Å². The first kappa shape index (κ1) is 29.0. The molecule has 1 aliphatic carbocycles. The van der Waals surface area contributed by atoms with Crippen molar-refractivity contribution in [1.29, 1.82) is 0 Å². The van der Waals surface area contributed by atoms with Crippen LogP contribution in [-0.2, 0) is 29.1 Å². The van der Waals surface area contributed by atoms with E-state index in [1.807, 2.05) is 0 Å². The van der Waals surface area contributed by atoms with E-state index in [-0.39, 0.29) is 42.1 Å². The van der Waals surface area contributed by atoms with E-state index in [1.54, 1.807) is 0 Å². The minimum Gasteiger partial charge on any atom is -0.352 e. The molecule has 0 bridgehead atoms. The molecule has 0 radical (unpaired) electrons. The summed E-state index contributed by atoms with van der Waals surface area (Å²) in [5.74, 6) is -0.148. The van der Waals surface area contributed by atoms with Gasteiger partial charge in [-0.1, -0.05) is 28.1 Å². The number of alkyl halides is 10. The van der Waals surface area contributed by atoms with Crippen LogP contribution >= 0.6 is 27.5 Å². The molecule has 3 atom stereocenters. The van der Waals surface area contributed by atoms with Gasteiger partial charge in [-0.3, -0.25) is 4.79 Å². The zero-order valence-corrected chi connectivity index (χ0v) is 21.4. The molecule has 3 nitrogen and oxygen atoms in total. The summed E-state index contributed by atoms with van der Waals surface area (Å²) in [6.07, 6.45) is -14.4. The zero-order valence-electron chi connectivity index (χ0n) is 19.1. The van der Waals surface area contributed by atoms with Gasteiger partial charge in [0.05, 0.1) is 16.5 Å². The van der Waals surface area contributed by atoms with Crippen molar-refractivity contribution in [3.05, 3.63) is 68.7 Å². The fraction of sp³-hybridized carbons (Fsp3) is 0.458. The highest BCUT2D eigenvalue weighted by Gasteiger charge is 2.65. The first-order chi connectivity index (χ1) is 17.4. The molecule has 0 aromatic heterocycles. The predicted molar refractivity (Wildman–Crippen MR) is 123 cm³/mol. The molecule has 2 fully saturated rings. The highest BCUT2D eigenvalue weighted by atomic mass is 79.9. The smallest absolute Gasteiger partial charge is 0.352 e. The molecule has 1 amide bonds. The number of benzene rings is 2. The lowest BCUT2D eigenvalue weighted by Gasteiger charge is -2.36. The second-order valence-corrected chi connectivity index (χ2v) is 10.7. The molecule has 3 unspecified atom stereocenters. The maximum absolute atomic E-state index is 14.6. The normalized spacial score (nSPS) is 24.5. The number of hydrogen-bond acceptors (Lipinski definition) is 2. The van der Waals surface area contributed by atoms with Crippen LogP contribution in [0.15, 0.2) is 40.9 Å². The van der Waals surface area contributed by atoms with Crippen LogP contribution in [0.4, 0.5) is 39.5 Å². The number of carbonyl (C=O) groups excluding carboxylic acids is 1. The molecule has 1 saturated carbocycles. The average molecular weight is 638 g/mol. The fourth-order valence-corrected chi connectivity index (χ4v) is 5.61. The second kappa shape index (κ2) is 9.88. The first-order valence-corrected chi connectivity index (χ1v) is 12.5.